The molecule has 1 saturated heterocycles. The first kappa shape index (κ1) is 11.6. The second-order valence-electron chi connectivity index (χ2n) is 4.67. The highest BCUT2D eigenvalue weighted by Crippen LogP contribution is 2.28. The third-order valence-electron chi connectivity index (χ3n) is 3.48. The van der Waals surface area contributed by atoms with Crippen LogP contribution in [0.15, 0.2) is 15.9 Å². The van der Waals surface area contributed by atoms with E-state index in [1.165, 1.54) is 28.9 Å². The molecule has 0 aliphatic carbocycles. The molecule has 1 aromatic rings. The van der Waals surface area contributed by atoms with E-state index in [4.69, 9.17) is 0 Å². The summed E-state index contributed by atoms with van der Waals surface area (Å²) in [6.45, 7) is 8.39. The smallest absolute Gasteiger partial charge is 0.0339 e. The van der Waals surface area contributed by atoms with Crippen molar-refractivity contribution in [3.05, 3.63) is 20.8 Å². The summed E-state index contributed by atoms with van der Waals surface area (Å²) in [6.07, 6.45) is 1.35. The molecule has 2 rings (SSSR count). The van der Waals surface area contributed by atoms with E-state index in [0.29, 0.717) is 0 Å². The fraction of sp³-hybridized carbons (Fsp3) is 0.667. The van der Waals surface area contributed by atoms with Gasteiger partial charge < -0.3 is 0 Å². The lowest BCUT2D eigenvalue weighted by atomic mass is 9.89. The van der Waals surface area contributed by atoms with Gasteiger partial charge in [-0.3, -0.25) is 4.90 Å². The Morgan fingerprint density at radius 3 is 2.87 bits per heavy atom. The zero-order valence-electron chi connectivity index (χ0n) is 9.37. The Morgan fingerprint density at radius 2 is 2.27 bits per heavy atom. The summed E-state index contributed by atoms with van der Waals surface area (Å²) in [5, 5.41) is 2.16. The highest BCUT2D eigenvalue weighted by atomic mass is 79.9. The van der Waals surface area contributed by atoms with Crippen LogP contribution >= 0.6 is 27.3 Å². The molecule has 15 heavy (non-hydrogen) atoms. The topological polar surface area (TPSA) is 3.24 Å². The quantitative estimate of drug-likeness (QED) is 0.795. The Labute approximate surface area is 105 Å². The molecule has 3 heteroatoms. The zero-order chi connectivity index (χ0) is 10.8. The molecule has 2 heterocycles. The number of piperidine rings is 1. The summed E-state index contributed by atoms with van der Waals surface area (Å²) < 4.78 is 1.28. The summed E-state index contributed by atoms with van der Waals surface area (Å²) in [5.74, 6) is 1.74. The molecule has 0 aromatic carbocycles. The van der Waals surface area contributed by atoms with E-state index < -0.39 is 0 Å². The molecule has 0 N–H and O–H groups in total. The summed E-state index contributed by atoms with van der Waals surface area (Å²) in [6, 6.07) is 2.15. The van der Waals surface area contributed by atoms with E-state index in [9.17, 15) is 0 Å². The van der Waals surface area contributed by atoms with E-state index in [1.54, 1.807) is 0 Å². The van der Waals surface area contributed by atoms with Crippen molar-refractivity contribution in [2.45, 2.75) is 26.8 Å². The second-order valence-corrected chi connectivity index (χ2v) is 6.53. The Balaban J connectivity index is 1.94. The van der Waals surface area contributed by atoms with Gasteiger partial charge in [-0.2, -0.15) is 0 Å². The van der Waals surface area contributed by atoms with Crippen LogP contribution in [-0.2, 0) is 6.54 Å². The van der Waals surface area contributed by atoms with E-state index in [1.807, 2.05) is 11.3 Å². The maximum Gasteiger partial charge on any atom is 0.0339 e. The number of rotatable bonds is 2. The van der Waals surface area contributed by atoms with Crippen molar-refractivity contribution in [2.75, 3.05) is 13.1 Å². The van der Waals surface area contributed by atoms with Gasteiger partial charge in [0.15, 0.2) is 0 Å². The molecular weight excluding hydrogens is 270 g/mol. The first-order chi connectivity index (χ1) is 7.16. The average molecular weight is 288 g/mol. The first-order valence-electron chi connectivity index (χ1n) is 5.61. The van der Waals surface area contributed by atoms with Crippen LogP contribution in [0.3, 0.4) is 0 Å². The van der Waals surface area contributed by atoms with Crippen LogP contribution in [0, 0.1) is 11.8 Å². The molecule has 1 aliphatic heterocycles. The summed E-state index contributed by atoms with van der Waals surface area (Å²) in [7, 11) is 0. The molecule has 1 fully saturated rings. The molecule has 84 valence electrons. The van der Waals surface area contributed by atoms with Gasteiger partial charge in [0.1, 0.15) is 0 Å². The van der Waals surface area contributed by atoms with E-state index in [0.717, 1.165) is 18.4 Å². The van der Waals surface area contributed by atoms with Crippen molar-refractivity contribution in [3.63, 3.8) is 0 Å². The molecule has 1 aromatic heterocycles. The van der Waals surface area contributed by atoms with Gasteiger partial charge in [0.2, 0.25) is 0 Å². The van der Waals surface area contributed by atoms with Crippen LogP contribution in [0.5, 0.6) is 0 Å². The minimum absolute atomic E-state index is 0.845. The molecular formula is C12H18BrNS. The maximum absolute atomic E-state index is 3.60. The zero-order valence-corrected chi connectivity index (χ0v) is 11.8. The van der Waals surface area contributed by atoms with Crippen LogP contribution in [0.4, 0.5) is 0 Å². The van der Waals surface area contributed by atoms with Gasteiger partial charge in [0, 0.05) is 22.4 Å². The summed E-state index contributed by atoms with van der Waals surface area (Å²) in [5.41, 5.74) is 0. The molecule has 0 amide bonds. The molecule has 0 bridgehead atoms. The lowest BCUT2D eigenvalue weighted by Crippen LogP contribution is -2.37. The van der Waals surface area contributed by atoms with Gasteiger partial charge >= 0.3 is 0 Å². The summed E-state index contributed by atoms with van der Waals surface area (Å²) in [4.78, 5) is 4.05. The Kier molecular flexibility index (Phi) is 3.86. The number of thiophene rings is 1. The Hall–Kier alpha value is 0.140. The predicted molar refractivity (Wildman–Crippen MR) is 70.2 cm³/mol. The normalized spacial score (nSPS) is 28.2. The van der Waals surface area contributed by atoms with Crippen LogP contribution in [0.1, 0.15) is 25.1 Å². The molecule has 2 unspecified atom stereocenters. The molecule has 2 atom stereocenters. The third kappa shape index (κ3) is 2.83. The SMILES string of the molecule is CC1CCN(Cc2sccc2Br)CC1C. The second kappa shape index (κ2) is 4.98. The van der Waals surface area contributed by atoms with Gasteiger partial charge in [-0.25, -0.2) is 0 Å². The molecule has 0 saturated carbocycles. The number of nitrogens with zero attached hydrogens (tertiary/aromatic N) is 1. The van der Waals surface area contributed by atoms with Gasteiger partial charge in [0.05, 0.1) is 0 Å². The summed E-state index contributed by atoms with van der Waals surface area (Å²) >= 11 is 5.46. The Morgan fingerprint density at radius 1 is 1.47 bits per heavy atom. The van der Waals surface area contributed by atoms with Crippen LogP contribution < -0.4 is 0 Å². The van der Waals surface area contributed by atoms with Gasteiger partial charge in [-0.15, -0.1) is 11.3 Å². The lowest BCUT2D eigenvalue weighted by Gasteiger charge is -2.35. The van der Waals surface area contributed by atoms with Crippen LogP contribution in [0.25, 0.3) is 0 Å². The van der Waals surface area contributed by atoms with Crippen molar-refractivity contribution in [1.29, 1.82) is 0 Å². The van der Waals surface area contributed by atoms with E-state index >= 15 is 0 Å². The minimum Gasteiger partial charge on any atom is -0.298 e. The number of halogens is 1. The van der Waals surface area contributed by atoms with E-state index in [2.05, 4.69) is 46.1 Å². The fourth-order valence-electron chi connectivity index (χ4n) is 2.13. The van der Waals surface area contributed by atoms with Gasteiger partial charge in [-0.05, 0) is 52.2 Å². The number of hydrogen-bond donors (Lipinski definition) is 0. The first-order valence-corrected chi connectivity index (χ1v) is 7.28. The van der Waals surface area contributed by atoms with Crippen molar-refractivity contribution in [1.82, 2.24) is 4.90 Å². The number of likely N-dealkylation sites (tertiary alicyclic amines) is 1. The van der Waals surface area contributed by atoms with Crippen molar-refractivity contribution in [2.24, 2.45) is 11.8 Å². The molecule has 0 radical (unpaired) electrons. The average Bonchev–Trinajstić information content (AvgIpc) is 2.59. The number of hydrogen-bond acceptors (Lipinski definition) is 2. The highest BCUT2D eigenvalue weighted by molar-refractivity contribution is 9.10. The predicted octanol–water partition coefficient (Wildman–Crippen LogP) is 3.99. The lowest BCUT2D eigenvalue weighted by molar-refractivity contribution is 0.133. The van der Waals surface area contributed by atoms with Gasteiger partial charge in [-0.1, -0.05) is 13.8 Å². The maximum atomic E-state index is 3.60. The van der Waals surface area contributed by atoms with E-state index in [-0.39, 0.29) is 0 Å². The van der Waals surface area contributed by atoms with Crippen molar-refractivity contribution in [3.8, 4) is 0 Å². The highest BCUT2D eigenvalue weighted by Gasteiger charge is 2.23. The monoisotopic (exact) mass is 287 g/mol. The fourth-order valence-corrected chi connectivity index (χ4v) is 3.65. The molecule has 1 nitrogen and oxygen atoms in total. The molecule has 0 spiro atoms. The van der Waals surface area contributed by atoms with Crippen molar-refractivity contribution >= 4 is 27.3 Å². The van der Waals surface area contributed by atoms with Crippen molar-refractivity contribution < 1.29 is 0 Å². The van der Waals surface area contributed by atoms with Crippen LogP contribution in [-0.4, -0.2) is 18.0 Å². The third-order valence-corrected chi connectivity index (χ3v) is 5.39. The largest absolute Gasteiger partial charge is 0.298 e. The Bertz CT molecular complexity index is 323. The minimum atomic E-state index is 0.845. The van der Waals surface area contributed by atoms with Crippen LogP contribution in [0.2, 0.25) is 0 Å². The standard InChI is InChI=1S/C12H18BrNS/c1-9-3-5-14(7-10(9)2)8-12-11(13)4-6-15-12/h4,6,9-10H,3,5,7-8H2,1-2H3. The molecule has 1 aliphatic rings. The van der Waals surface area contributed by atoms with Gasteiger partial charge in [0.25, 0.3) is 0 Å².